The summed E-state index contributed by atoms with van der Waals surface area (Å²) in [5.74, 6) is 0. The maximum atomic E-state index is 11.9. The van der Waals surface area contributed by atoms with Crippen molar-refractivity contribution in [3.63, 3.8) is 0 Å². The topological polar surface area (TPSA) is 66.9 Å². The highest BCUT2D eigenvalue weighted by molar-refractivity contribution is 7.13. The molecule has 0 spiro atoms. The Hall–Kier alpha value is -2.44. The van der Waals surface area contributed by atoms with Crippen molar-refractivity contribution in [1.29, 1.82) is 0 Å². The van der Waals surface area contributed by atoms with Gasteiger partial charge in [-0.1, -0.05) is 11.6 Å². The van der Waals surface area contributed by atoms with Crippen LogP contribution in [0.15, 0.2) is 54.2 Å². The molecule has 3 aromatic rings. The molecule has 0 unspecified atom stereocenters. The average Bonchev–Trinajstić information content (AvgIpc) is 3.05. The van der Waals surface area contributed by atoms with Gasteiger partial charge in [0.2, 0.25) is 0 Å². The normalized spacial score (nSPS) is 10.3. The number of nitrogens with zero attached hydrogens (tertiary/aromatic N) is 2. The fourth-order valence-corrected chi connectivity index (χ4v) is 2.83. The first-order valence-electron chi connectivity index (χ1n) is 6.86. The molecule has 0 bridgehead atoms. The lowest BCUT2D eigenvalue weighted by molar-refractivity contribution is 0.251. The number of nitrogens with one attached hydrogen (secondary N) is 2. The molecular weight excluding hydrogens is 332 g/mol. The largest absolute Gasteiger partial charge is 0.332 e. The summed E-state index contributed by atoms with van der Waals surface area (Å²) in [6.45, 7) is 0.357. The van der Waals surface area contributed by atoms with Gasteiger partial charge in [0.1, 0.15) is 5.01 Å². The van der Waals surface area contributed by atoms with Crippen molar-refractivity contribution in [2.75, 3.05) is 5.32 Å². The quantitative estimate of drug-likeness (QED) is 0.746. The molecule has 2 aromatic heterocycles. The van der Waals surface area contributed by atoms with Gasteiger partial charge >= 0.3 is 6.03 Å². The highest BCUT2D eigenvalue weighted by atomic mass is 35.5. The molecule has 2 N–H and O–H groups in total. The number of amides is 2. The average molecular weight is 345 g/mol. The number of carbonyl (C=O) groups excluding carboxylic acids is 1. The molecule has 0 saturated carbocycles. The van der Waals surface area contributed by atoms with Crippen LogP contribution in [0.1, 0.15) is 5.69 Å². The molecule has 0 aliphatic heterocycles. The van der Waals surface area contributed by atoms with E-state index in [0.29, 0.717) is 17.3 Å². The molecule has 3 rings (SSSR count). The minimum Gasteiger partial charge on any atom is -0.332 e. The smallest absolute Gasteiger partial charge is 0.319 e. The molecule has 0 saturated heterocycles. The van der Waals surface area contributed by atoms with Crippen molar-refractivity contribution < 1.29 is 4.79 Å². The Balaban J connectivity index is 1.55. The van der Waals surface area contributed by atoms with Crippen molar-refractivity contribution in [3.05, 3.63) is 64.9 Å². The van der Waals surface area contributed by atoms with Crippen LogP contribution in [0.2, 0.25) is 5.02 Å². The molecule has 7 heteroatoms. The number of carbonyl (C=O) groups is 1. The molecule has 116 valence electrons. The molecule has 0 atom stereocenters. The summed E-state index contributed by atoms with van der Waals surface area (Å²) in [5.41, 5.74) is 2.45. The van der Waals surface area contributed by atoms with Crippen LogP contribution in [-0.2, 0) is 6.54 Å². The first kappa shape index (κ1) is 15.5. The third kappa shape index (κ3) is 4.28. The van der Waals surface area contributed by atoms with Crippen LogP contribution in [0.25, 0.3) is 10.6 Å². The summed E-state index contributed by atoms with van der Waals surface area (Å²) in [5, 5.41) is 8.94. The van der Waals surface area contributed by atoms with E-state index in [1.54, 1.807) is 36.7 Å². The van der Waals surface area contributed by atoms with Gasteiger partial charge < -0.3 is 10.6 Å². The van der Waals surface area contributed by atoms with E-state index in [-0.39, 0.29) is 6.03 Å². The standard InChI is InChI=1S/C16H13ClN4OS/c17-12-3-5-13(6-4-12)21-16(22)19-9-14-10-23-15(20-14)11-2-1-7-18-8-11/h1-8,10H,9H2,(H2,19,21,22). The Morgan fingerprint density at radius 3 is 2.78 bits per heavy atom. The summed E-state index contributed by atoms with van der Waals surface area (Å²) in [7, 11) is 0. The van der Waals surface area contributed by atoms with Crippen LogP contribution in [0.4, 0.5) is 10.5 Å². The SMILES string of the molecule is O=C(NCc1csc(-c2cccnc2)n1)Nc1ccc(Cl)cc1. The monoisotopic (exact) mass is 344 g/mol. The van der Waals surface area contributed by atoms with Crippen LogP contribution in [0.3, 0.4) is 0 Å². The summed E-state index contributed by atoms with van der Waals surface area (Å²) in [4.78, 5) is 20.4. The summed E-state index contributed by atoms with van der Waals surface area (Å²) in [6.07, 6.45) is 3.49. The van der Waals surface area contributed by atoms with Gasteiger partial charge in [-0.05, 0) is 36.4 Å². The third-order valence-corrected chi connectivity index (χ3v) is 4.18. The van der Waals surface area contributed by atoms with E-state index in [1.807, 2.05) is 17.5 Å². The second-order valence-corrected chi connectivity index (χ2v) is 5.99. The van der Waals surface area contributed by atoms with E-state index in [0.717, 1.165) is 16.3 Å². The van der Waals surface area contributed by atoms with Crippen LogP contribution in [0.5, 0.6) is 0 Å². The minimum atomic E-state index is -0.289. The van der Waals surface area contributed by atoms with Crippen LogP contribution >= 0.6 is 22.9 Å². The Labute approximate surface area is 142 Å². The lowest BCUT2D eigenvalue weighted by atomic mass is 10.3. The van der Waals surface area contributed by atoms with E-state index in [2.05, 4.69) is 20.6 Å². The first-order chi connectivity index (χ1) is 11.2. The number of halogens is 1. The molecule has 0 aliphatic rings. The molecular formula is C16H13ClN4OS. The van der Waals surface area contributed by atoms with Crippen LogP contribution < -0.4 is 10.6 Å². The number of rotatable bonds is 4. The molecule has 2 amide bonds. The Morgan fingerprint density at radius 1 is 1.22 bits per heavy atom. The van der Waals surface area contributed by atoms with Gasteiger partial charge in [0.15, 0.2) is 0 Å². The lowest BCUT2D eigenvalue weighted by Crippen LogP contribution is -2.28. The van der Waals surface area contributed by atoms with Gasteiger partial charge in [-0.3, -0.25) is 4.98 Å². The zero-order valence-corrected chi connectivity index (χ0v) is 13.6. The maximum Gasteiger partial charge on any atom is 0.319 e. The number of hydrogen-bond acceptors (Lipinski definition) is 4. The molecule has 23 heavy (non-hydrogen) atoms. The number of anilines is 1. The van der Waals surface area contributed by atoms with E-state index < -0.39 is 0 Å². The second kappa shape index (κ2) is 7.21. The van der Waals surface area contributed by atoms with Gasteiger partial charge in [0, 0.05) is 34.0 Å². The minimum absolute atomic E-state index is 0.289. The van der Waals surface area contributed by atoms with Crippen molar-refractivity contribution in [2.24, 2.45) is 0 Å². The predicted octanol–water partition coefficient (Wildman–Crippen LogP) is 4.18. The zero-order chi connectivity index (χ0) is 16.1. The summed E-state index contributed by atoms with van der Waals surface area (Å²) in [6, 6.07) is 10.5. The van der Waals surface area contributed by atoms with Crippen molar-refractivity contribution >= 4 is 34.7 Å². The number of aromatic nitrogens is 2. The fraction of sp³-hybridized carbons (Fsp3) is 0.0625. The van der Waals surface area contributed by atoms with Crippen LogP contribution in [0, 0.1) is 0 Å². The third-order valence-electron chi connectivity index (χ3n) is 2.99. The molecule has 1 aromatic carbocycles. The van der Waals surface area contributed by atoms with E-state index in [9.17, 15) is 4.79 Å². The highest BCUT2D eigenvalue weighted by Gasteiger charge is 2.06. The van der Waals surface area contributed by atoms with Crippen LogP contribution in [-0.4, -0.2) is 16.0 Å². The summed E-state index contributed by atoms with van der Waals surface area (Å²) >= 11 is 7.32. The fourth-order valence-electron chi connectivity index (χ4n) is 1.89. The molecule has 5 nitrogen and oxygen atoms in total. The Bertz CT molecular complexity index is 789. The zero-order valence-electron chi connectivity index (χ0n) is 12.0. The molecule has 2 heterocycles. The van der Waals surface area contributed by atoms with E-state index in [4.69, 9.17) is 11.6 Å². The van der Waals surface area contributed by atoms with E-state index >= 15 is 0 Å². The number of urea groups is 1. The second-order valence-electron chi connectivity index (χ2n) is 4.70. The van der Waals surface area contributed by atoms with Crippen molar-refractivity contribution in [2.45, 2.75) is 6.54 Å². The number of benzene rings is 1. The molecule has 0 aliphatic carbocycles. The predicted molar refractivity (Wildman–Crippen MR) is 92.7 cm³/mol. The Morgan fingerprint density at radius 2 is 2.04 bits per heavy atom. The van der Waals surface area contributed by atoms with Gasteiger partial charge in [0.05, 0.1) is 12.2 Å². The lowest BCUT2D eigenvalue weighted by Gasteiger charge is -2.06. The summed E-state index contributed by atoms with van der Waals surface area (Å²) < 4.78 is 0. The van der Waals surface area contributed by atoms with Gasteiger partial charge in [0.25, 0.3) is 0 Å². The maximum absolute atomic E-state index is 11.9. The van der Waals surface area contributed by atoms with Crippen molar-refractivity contribution in [1.82, 2.24) is 15.3 Å². The number of thiazole rings is 1. The van der Waals surface area contributed by atoms with E-state index in [1.165, 1.54) is 11.3 Å². The van der Waals surface area contributed by atoms with Gasteiger partial charge in [-0.15, -0.1) is 11.3 Å². The molecule has 0 radical (unpaired) electrons. The highest BCUT2D eigenvalue weighted by Crippen LogP contribution is 2.22. The first-order valence-corrected chi connectivity index (χ1v) is 8.12. The van der Waals surface area contributed by atoms with Gasteiger partial charge in [-0.25, -0.2) is 9.78 Å². The Kier molecular flexibility index (Phi) is 4.85. The van der Waals surface area contributed by atoms with Crippen molar-refractivity contribution in [3.8, 4) is 10.6 Å². The van der Waals surface area contributed by atoms with Gasteiger partial charge in [-0.2, -0.15) is 0 Å². The molecule has 0 fully saturated rings. The number of hydrogen-bond donors (Lipinski definition) is 2. The number of pyridine rings is 1.